The first-order valence-corrected chi connectivity index (χ1v) is 13.9. The Bertz CT molecular complexity index is 1740. The standard InChI is InChI=1S/C28H26ClN3O5S/c1-18-7-9-21(15-19(18)2)32-27(33)23-6-4-3-5-22(23)24(28(32)34)17-30-20-8-10-25(29)26(16-20)38(35,36)31-11-13-37-14-12-31/h3-10,15-17,34H,11-14H2,1-2H3. The highest BCUT2D eigenvalue weighted by Gasteiger charge is 2.28. The SMILES string of the molecule is Cc1ccc(-n2c(O)c(C=Nc3ccc(Cl)c(S(=O)(=O)N4CCOCC4)c3)c3ccccc3c2=O)cc1C. The predicted molar refractivity (Wildman–Crippen MR) is 149 cm³/mol. The Morgan fingerprint density at radius 2 is 1.68 bits per heavy atom. The van der Waals surface area contributed by atoms with Gasteiger partial charge in [-0.05, 0) is 61.4 Å². The molecule has 10 heteroatoms. The van der Waals surface area contributed by atoms with Crippen LogP contribution in [0.5, 0.6) is 5.88 Å². The maximum absolute atomic E-state index is 13.4. The molecule has 38 heavy (non-hydrogen) atoms. The third-order valence-corrected chi connectivity index (χ3v) is 9.08. The molecule has 4 aromatic rings. The number of nitrogens with zero attached hydrogens (tertiary/aromatic N) is 3. The molecule has 0 saturated carbocycles. The van der Waals surface area contributed by atoms with Gasteiger partial charge in [-0.2, -0.15) is 4.31 Å². The first-order chi connectivity index (χ1) is 18.2. The average molecular weight is 552 g/mol. The minimum atomic E-state index is -3.84. The van der Waals surface area contributed by atoms with Crippen molar-refractivity contribution in [2.24, 2.45) is 4.99 Å². The molecule has 0 amide bonds. The lowest BCUT2D eigenvalue weighted by atomic mass is 10.1. The molecule has 0 atom stereocenters. The van der Waals surface area contributed by atoms with Gasteiger partial charge in [0.1, 0.15) is 4.90 Å². The van der Waals surface area contributed by atoms with Crippen molar-refractivity contribution in [1.29, 1.82) is 0 Å². The van der Waals surface area contributed by atoms with Gasteiger partial charge in [-0.25, -0.2) is 13.0 Å². The highest BCUT2D eigenvalue weighted by atomic mass is 35.5. The molecular formula is C28H26ClN3O5S. The zero-order chi connectivity index (χ0) is 27.0. The van der Waals surface area contributed by atoms with Crippen LogP contribution < -0.4 is 5.56 Å². The lowest BCUT2D eigenvalue weighted by Gasteiger charge is -2.26. The van der Waals surface area contributed by atoms with Crippen molar-refractivity contribution in [3.63, 3.8) is 0 Å². The molecule has 1 aliphatic heterocycles. The number of halogens is 1. The fourth-order valence-electron chi connectivity index (χ4n) is 4.43. The molecule has 196 valence electrons. The van der Waals surface area contributed by atoms with E-state index in [1.54, 1.807) is 36.4 Å². The van der Waals surface area contributed by atoms with Crippen LogP contribution >= 0.6 is 11.6 Å². The van der Waals surface area contributed by atoms with Crippen LogP contribution in [-0.2, 0) is 14.8 Å². The topological polar surface area (TPSA) is 101 Å². The number of pyridine rings is 1. The Morgan fingerprint density at radius 3 is 2.39 bits per heavy atom. The van der Waals surface area contributed by atoms with E-state index >= 15 is 0 Å². The second kappa shape index (κ2) is 10.3. The summed E-state index contributed by atoms with van der Waals surface area (Å²) in [7, 11) is -3.84. The number of morpholine rings is 1. The van der Waals surface area contributed by atoms with Crippen LogP contribution in [0.25, 0.3) is 16.5 Å². The van der Waals surface area contributed by atoms with Gasteiger partial charge in [0.15, 0.2) is 0 Å². The van der Waals surface area contributed by atoms with Gasteiger partial charge in [0.2, 0.25) is 15.9 Å². The number of aromatic hydroxyl groups is 1. The average Bonchev–Trinajstić information content (AvgIpc) is 2.92. The van der Waals surface area contributed by atoms with Crippen LogP contribution in [0.3, 0.4) is 0 Å². The van der Waals surface area contributed by atoms with Crippen molar-refractivity contribution < 1.29 is 18.3 Å². The number of ether oxygens (including phenoxy) is 1. The number of aryl methyl sites for hydroxylation is 2. The largest absolute Gasteiger partial charge is 0.494 e. The van der Waals surface area contributed by atoms with E-state index in [9.17, 15) is 18.3 Å². The monoisotopic (exact) mass is 551 g/mol. The molecule has 0 unspecified atom stereocenters. The zero-order valence-corrected chi connectivity index (χ0v) is 22.5. The molecule has 5 rings (SSSR count). The second-order valence-electron chi connectivity index (χ2n) is 9.08. The molecule has 3 aromatic carbocycles. The second-order valence-corrected chi connectivity index (χ2v) is 11.4. The first-order valence-electron chi connectivity index (χ1n) is 12.0. The molecule has 1 N–H and O–H groups in total. The van der Waals surface area contributed by atoms with E-state index < -0.39 is 10.0 Å². The summed E-state index contributed by atoms with van der Waals surface area (Å²) in [4.78, 5) is 17.8. The van der Waals surface area contributed by atoms with Crippen molar-refractivity contribution in [1.82, 2.24) is 8.87 Å². The fraction of sp³-hybridized carbons (Fsp3) is 0.214. The predicted octanol–water partition coefficient (Wildman–Crippen LogP) is 4.74. The number of benzene rings is 3. The first kappa shape index (κ1) is 26.1. The fourth-order valence-corrected chi connectivity index (χ4v) is 6.33. The quantitative estimate of drug-likeness (QED) is 0.361. The van der Waals surface area contributed by atoms with E-state index in [-0.39, 0.29) is 34.4 Å². The molecule has 8 nitrogen and oxygen atoms in total. The summed E-state index contributed by atoms with van der Waals surface area (Å²) >= 11 is 6.28. The van der Waals surface area contributed by atoms with E-state index in [0.29, 0.717) is 40.9 Å². The molecule has 0 aliphatic carbocycles. The van der Waals surface area contributed by atoms with Crippen molar-refractivity contribution >= 4 is 44.3 Å². The van der Waals surface area contributed by atoms with Gasteiger partial charge in [0.25, 0.3) is 5.56 Å². The molecule has 0 radical (unpaired) electrons. The minimum absolute atomic E-state index is 0.0510. The maximum Gasteiger partial charge on any atom is 0.265 e. The summed E-state index contributed by atoms with van der Waals surface area (Å²) in [6, 6.07) is 17.0. The van der Waals surface area contributed by atoms with E-state index in [2.05, 4.69) is 4.99 Å². The molecule has 1 aliphatic rings. The number of aromatic nitrogens is 1. The van der Waals surface area contributed by atoms with Crippen molar-refractivity contribution in [2.45, 2.75) is 18.7 Å². The van der Waals surface area contributed by atoms with Gasteiger partial charge >= 0.3 is 0 Å². The van der Waals surface area contributed by atoms with Crippen LogP contribution in [0.4, 0.5) is 5.69 Å². The molecule has 1 fully saturated rings. The van der Waals surface area contributed by atoms with E-state index in [1.165, 1.54) is 27.2 Å². The van der Waals surface area contributed by atoms with Crippen molar-refractivity contribution in [3.8, 4) is 11.6 Å². The van der Waals surface area contributed by atoms with Crippen LogP contribution in [0.15, 0.2) is 75.3 Å². The molecule has 1 saturated heterocycles. The minimum Gasteiger partial charge on any atom is -0.494 e. The Labute approximate surface area is 225 Å². The summed E-state index contributed by atoms with van der Waals surface area (Å²) in [5.41, 5.74) is 2.87. The zero-order valence-electron chi connectivity index (χ0n) is 20.9. The maximum atomic E-state index is 13.4. The van der Waals surface area contributed by atoms with Gasteiger partial charge in [0.05, 0.1) is 35.2 Å². The van der Waals surface area contributed by atoms with Crippen LogP contribution in [0.2, 0.25) is 5.02 Å². The highest BCUT2D eigenvalue weighted by molar-refractivity contribution is 7.89. The molecule has 1 aromatic heterocycles. The van der Waals surface area contributed by atoms with Crippen molar-refractivity contribution in [2.75, 3.05) is 26.3 Å². The lowest BCUT2D eigenvalue weighted by Crippen LogP contribution is -2.40. The summed E-state index contributed by atoms with van der Waals surface area (Å²) in [5, 5.41) is 12.3. The molecule has 0 spiro atoms. The van der Waals surface area contributed by atoms with Crippen LogP contribution in [-0.4, -0.2) is 54.9 Å². The summed E-state index contributed by atoms with van der Waals surface area (Å²) in [6.45, 7) is 5.03. The van der Waals surface area contributed by atoms with Crippen LogP contribution in [0, 0.1) is 13.8 Å². The summed E-state index contributed by atoms with van der Waals surface area (Å²) in [6.07, 6.45) is 1.43. The number of sulfonamides is 1. The molecule has 0 bridgehead atoms. The summed E-state index contributed by atoms with van der Waals surface area (Å²) < 4.78 is 34.3. The third-order valence-electron chi connectivity index (χ3n) is 6.70. The third kappa shape index (κ3) is 4.74. The number of hydrogen-bond acceptors (Lipinski definition) is 6. The summed E-state index contributed by atoms with van der Waals surface area (Å²) in [5.74, 6) is -0.268. The van der Waals surface area contributed by atoms with Crippen LogP contribution in [0.1, 0.15) is 16.7 Å². The smallest absolute Gasteiger partial charge is 0.265 e. The van der Waals surface area contributed by atoms with Gasteiger partial charge in [-0.15, -0.1) is 0 Å². The molecule has 2 heterocycles. The van der Waals surface area contributed by atoms with E-state index in [1.807, 2.05) is 26.0 Å². The van der Waals surface area contributed by atoms with E-state index in [0.717, 1.165) is 11.1 Å². The van der Waals surface area contributed by atoms with E-state index in [4.69, 9.17) is 16.3 Å². The Kier molecular flexibility index (Phi) is 7.11. The van der Waals surface area contributed by atoms with Crippen molar-refractivity contribution in [3.05, 3.63) is 92.7 Å². The van der Waals surface area contributed by atoms with Gasteiger partial charge < -0.3 is 9.84 Å². The number of aliphatic imine (C=N–C) groups is 1. The highest BCUT2D eigenvalue weighted by Crippen LogP contribution is 2.31. The number of rotatable bonds is 5. The Morgan fingerprint density at radius 1 is 0.974 bits per heavy atom. The number of hydrogen-bond donors (Lipinski definition) is 1. The Hall–Kier alpha value is -3.50. The number of fused-ring (bicyclic) bond motifs is 1. The van der Waals surface area contributed by atoms with Gasteiger partial charge in [0, 0.05) is 30.1 Å². The van der Waals surface area contributed by atoms with Gasteiger partial charge in [-0.3, -0.25) is 9.79 Å². The Balaban J connectivity index is 1.63. The lowest BCUT2D eigenvalue weighted by molar-refractivity contribution is 0.0730. The molecular weight excluding hydrogens is 526 g/mol. The van der Waals surface area contributed by atoms with Gasteiger partial charge in [-0.1, -0.05) is 35.9 Å². The normalized spacial score (nSPS) is 14.9.